The Morgan fingerprint density at radius 1 is 1.08 bits per heavy atom. The molecule has 8 heteroatoms. The van der Waals surface area contributed by atoms with Crippen LogP contribution in [0, 0.1) is 5.92 Å². The van der Waals surface area contributed by atoms with Crippen LogP contribution in [0.4, 0.5) is 4.79 Å². The molecule has 0 saturated carbocycles. The van der Waals surface area contributed by atoms with Gasteiger partial charge in [0.25, 0.3) is 0 Å². The number of amides is 1. The summed E-state index contributed by atoms with van der Waals surface area (Å²) in [5, 5.41) is 4.91. The molecule has 1 fully saturated rings. The summed E-state index contributed by atoms with van der Waals surface area (Å²) < 4.78 is 11.6. The van der Waals surface area contributed by atoms with Gasteiger partial charge in [-0.05, 0) is 69.0 Å². The number of unbranched alkanes of at least 4 members (excludes halogenated alkanes) is 4. The van der Waals surface area contributed by atoms with Gasteiger partial charge in [0.15, 0.2) is 0 Å². The first kappa shape index (κ1) is 29.8. The molecule has 0 spiro atoms. The van der Waals surface area contributed by atoms with Crippen molar-refractivity contribution in [2.45, 2.75) is 64.4 Å². The van der Waals surface area contributed by atoms with Gasteiger partial charge in [-0.2, -0.15) is 0 Å². The molecule has 1 heterocycles. The zero-order valence-corrected chi connectivity index (χ0v) is 23.5. The molecule has 1 atom stereocenters. The zero-order valence-electron chi connectivity index (χ0n) is 22.7. The van der Waals surface area contributed by atoms with Gasteiger partial charge in [0, 0.05) is 22.7 Å². The van der Waals surface area contributed by atoms with E-state index in [-0.39, 0.29) is 6.10 Å². The molecule has 3 rings (SSSR count). The van der Waals surface area contributed by atoms with Crippen LogP contribution in [-0.2, 0) is 9.57 Å². The highest BCUT2D eigenvalue weighted by Crippen LogP contribution is 2.23. The molecule has 1 aliphatic heterocycles. The van der Waals surface area contributed by atoms with Gasteiger partial charge in [0.05, 0.1) is 6.61 Å². The summed E-state index contributed by atoms with van der Waals surface area (Å²) in [4.78, 5) is 18.9. The van der Waals surface area contributed by atoms with Gasteiger partial charge in [-0.15, -0.1) is 0 Å². The minimum Gasteiger partial charge on any atom is -0.493 e. The first-order chi connectivity index (χ1) is 18.5. The number of ether oxygens (including phenoxy) is 2. The second kappa shape index (κ2) is 16.2. The normalized spacial score (nSPS) is 15.7. The molecule has 0 aliphatic carbocycles. The second-order valence-corrected chi connectivity index (χ2v) is 10.4. The Hall–Kier alpha value is -2.77. The number of hydrogen-bond acceptors (Lipinski definition) is 6. The SMILES string of the molecule is CCCCCCC[C@H](CN1CCC(COc2cccc(/C(=N\OC)c3ccc(Cl)cc3)c2)CC1)OC(N)=O. The van der Waals surface area contributed by atoms with Crippen LogP contribution in [0.25, 0.3) is 0 Å². The Bertz CT molecular complexity index is 1010. The van der Waals surface area contributed by atoms with Gasteiger partial charge in [-0.3, -0.25) is 4.90 Å². The average molecular weight is 544 g/mol. The zero-order chi connectivity index (χ0) is 27.2. The van der Waals surface area contributed by atoms with Crippen molar-refractivity contribution in [1.29, 1.82) is 0 Å². The predicted molar refractivity (Wildman–Crippen MR) is 153 cm³/mol. The van der Waals surface area contributed by atoms with Gasteiger partial charge < -0.3 is 20.0 Å². The number of rotatable bonds is 15. The molecule has 208 valence electrons. The molecule has 38 heavy (non-hydrogen) atoms. The van der Waals surface area contributed by atoms with Crippen LogP contribution in [0.1, 0.15) is 69.4 Å². The van der Waals surface area contributed by atoms with E-state index in [0.29, 0.717) is 17.5 Å². The molecule has 0 bridgehead atoms. The van der Waals surface area contributed by atoms with E-state index in [1.54, 1.807) is 7.11 Å². The van der Waals surface area contributed by atoms with Crippen molar-refractivity contribution >= 4 is 23.4 Å². The van der Waals surface area contributed by atoms with Crippen LogP contribution in [0.5, 0.6) is 5.75 Å². The summed E-state index contributed by atoms with van der Waals surface area (Å²) in [7, 11) is 1.54. The Balaban J connectivity index is 1.48. The lowest BCUT2D eigenvalue weighted by atomic mass is 9.97. The number of oxime groups is 1. The lowest BCUT2D eigenvalue weighted by Crippen LogP contribution is -2.41. The number of halogens is 1. The maximum absolute atomic E-state index is 11.4. The molecule has 0 unspecified atom stereocenters. The quantitative estimate of drug-likeness (QED) is 0.154. The molecule has 2 N–H and O–H groups in total. The largest absolute Gasteiger partial charge is 0.493 e. The fourth-order valence-electron chi connectivity index (χ4n) is 4.87. The molecule has 0 radical (unpaired) electrons. The molecular formula is C30H42ClN3O4. The smallest absolute Gasteiger partial charge is 0.404 e. The topological polar surface area (TPSA) is 86.4 Å². The van der Waals surface area contributed by atoms with Crippen LogP contribution in [0.3, 0.4) is 0 Å². The van der Waals surface area contributed by atoms with Gasteiger partial charge in [0.2, 0.25) is 0 Å². The maximum Gasteiger partial charge on any atom is 0.404 e. The van der Waals surface area contributed by atoms with Crippen molar-refractivity contribution in [2.24, 2.45) is 16.8 Å². The number of carbonyl (C=O) groups is 1. The van der Waals surface area contributed by atoms with Gasteiger partial charge in [0.1, 0.15) is 24.7 Å². The molecule has 0 aromatic heterocycles. The van der Waals surface area contributed by atoms with E-state index in [1.807, 2.05) is 48.5 Å². The minimum atomic E-state index is -0.677. The van der Waals surface area contributed by atoms with Gasteiger partial charge in [-0.1, -0.05) is 73.6 Å². The van der Waals surface area contributed by atoms with E-state index in [9.17, 15) is 4.79 Å². The van der Waals surface area contributed by atoms with Crippen molar-refractivity contribution in [3.63, 3.8) is 0 Å². The van der Waals surface area contributed by atoms with Crippen molar-refractivity contribution in [1.82, 2.24) is 4.90 Å². The number of hydrogen-bond donors (Lipinski definition) is 1. The fraction of sp³-hybridized carbons (Fsp3) is 0.533. The molecule has 1 amide bonds. The highest BCUT2D eigenvalue weighted by Gasteiger charge is 2.23. The maximum atomic E-state index is 11.4. The number of benzene rings is 2. The Labute approximate surface area is 232 Å². The van der Waals surface area contributed by atoms with Crippen LogP contribution in [0.2, 0.25) is 5.02 Å². The predicted octanol–water partition coefficient (Wildman–Crippen LogP) is 6.65. The van der Waals surface area contributed by atoms with E-state index in [1.165, 1.54) is 25.7 Å². The molecule has 7 nitrogen and oxygen atoms in total. The third kappa shape index (κ3) is 10.2. The van der Waals surface area contributed by atoms with E-state index >= 15 is 0 Å². The Kier molecular flexibility index (Phi) is 12.7. The van der Waals surface area contributed by atoms with Crippen LogP contribution in [0.15, 0.2) is 53.7 Å². The summed E-state index contributed by atoms with van der Waals surface area (Å²) in [5.74, 6) is 1.28. The van der Waals surface area contributed by atoms with Crippen molar-refractivity contribution < 1.29 is 19.1 Å². The second-order valence-electron chi connectivity index (χ2n) is 9.97. The monoisotopic (exact) mass is 543 g/mol. The minimum absolute atomic E-state index is 0.131. The van der Waals surface area contributed by atoms with Gasteiger partial charge >= 0.3 is 6.09 Å². The molecule has 1 saturated heterocycles. The summed E-state index contributed by atoms with van der Waals surface area (Å²) in [6, 6.07) is 15.4. The van der Waals surface area contributed by atoms with E-state index in [2.05, 4.69) is 17.0 Å². The molecule has 2 aromatic rings. The van der Waals surface area contributed by atoms with Gasteiger partial charge in [-0.25, -0.2) is 4.79 Å². The Morgan fingerprint density at radius 3 is 2.50 bits per heavy atom. The molecule has 1 aliphatic rings. The van der Waals surface area contributed by atoms with Crippen LogP contribution >= 0.6 is 11.6 Å². The van der Waals surface area contributed by atoms with Crippen molar-refractivity contribution in [2.75, 3.05) is 33.4 Å². The molecular weight excluding hydrogens is 502 g/mol. The average Bonchev–Trinajstić information content (AvgIpc) is 2.91. The van der Waals surface area contributed by atoms with E-state index in [0.717, 1.165) is 67.9 Å². The fourth-order valence-corrected chi connectivity index (χ4v) is 5.00. The summed E-state index contributed by atoms with van der Waals surface area (Å²) in [6.07, 6.45) is 8.09. The summed E-state index contributed by atoms with van der Waals surface area (Å²) in [5.41, 5.74) is 7.89. The van der Waals surface area contributed by atoms with Crippen molar-refractivity contribution in [3.05, 3.63) is 64.7 Å². The first-order valence-electron chi connectivity index (χ1n) is 13.8. The highest BCUT2D eigenvalue weighted by molar-refractivity contribution is 6.30. The number of piperidine rings is 1. The lowest BCUT2D eigenvalue weighted by molar-refractivity contribution is 0.0537. The standard InChI is InChI=1S/C30H42ClN3O4/c1-3-4-5-6-7-10-28(38-30(32)35)21-34-18-16-23(17-19-34)22-37-27-11-8-9-25(20-27)29(33-36-2)24-12-14-26(31)15-13-24/h8-9,11-15,20,23,28H,3-7,10,16-19,21-22H2,1-2H3,(H2,32,35)/b33-29-/t28-/m1/s1. The first-order valence-corrected chi connectivity index (χ1v) is 14.1. The molecule has 2 aromatic carbocycles. The number of carbonyl (C=O) groups excluding carboxylic acids is 1. The summed E-state index contributed by atoms with van der Waals surface area (Å²) >= 11 is 6.05. The summed E-state index contributed by atoms with van der Waals surface area (Å²) in [6.45, 7) is 5.54. The van der Waals surface area contributed by atoms with Crippen molar-refractivity contribution in [3.8, 4) is 5.75 Å². The third-order valence-corrected chi connectivity index (χ3v) is 7.23. The number of nitrogens with two attached hydrogens (primary N) is 1. The highest BCUT2D eigenvalue weighted by atomic mass is 35.5. The number of nitrogens with zero attached hydrogens (tertiary/aromatic N) is 2. The van der Waals surface area contributed by atoms with E-state index < -0.39 is 6.09 Å². The Morgan fingerprint density at radius 2 is 1.82 bits per heavy atom. The number of likely N-dealkylation sites (tertiary alicyclic amines) is 1. The van der Waals surface area contributed by atoms with E-state index in [4.69, 9.17) is 31.6 Å². The van der Waals surface area contributed by atoms with Crippen LogP contribution in [-0.4, -0.2) is 56.2 Å². The number of primary amides is 1. The third-order valence-electron chi connectivity index (χ3n) is 6.97. The lowest BCUT2D eigenvalue weighted by Gasteiger charge is -2.33. The van der Waals surface area contributed by atoms with Crippen LogP contribution < -0.4 is 10.5 Å².